The molecule has 1 unspecified atom stereocenters. The van der Waals surface area contributed by atoms with Gasteiger partial charge in [0, 0.05) is 30.3 Å². The number of carbonyl (C=O) groups is 1. The largest absolute Gasteiger partial charge is 0.491 e. The van der Waals surface area contributed by atoms with Gasteiger partial charge in [-0.15, -0.1) is 0 Å². The van der Waals surface area contributed by atoms with Crippen molar-refractivity contribution in [3.05, 3.63) is 58.6 Å². The van der Waals surface area contributed by atoms with Crippen LogP contribution in [0.15, 0.2) is 53.0 Å². The van der Waals surface area contributed by atoms with Gasteiger partial charge >= 0.3 is 6.03 Å². The number of likely N-dealkylation sites (tertiary alicyclic amines) is 1. The highest BCUT2D eigenvalue weighted by molar-refractivity contribution is 9.10. The van der Waals surface area contributed by atoms with Gasteiger partial charge in [-0.25, -0.2) is 4.79 Å². The maximum atomic E-state index is 12.8. The second-order valence-corrected chi connectivity index (χ2v) is 10.2. The third kappa shape index (κ3) is 5.46. The zero-order valence-electron chi connectivity index (χ0n) is 19.3. The van der Waals surface area contributed by atoms with Gasteiger partial charge in [0.05, 0.1) is 12.1 Å². The zero-order valence-corrected chi connectivity index (χ0v) is 20.9. The van der Waals surface area contributed by atoms with E-state index >= 15 is 0 Å². The lowest BCUT2D eigenvalue weighted by Gasteiger charge is -2.34. The summed E-state index contributed by atoms with van der Waals surface area (Å²) in [6.45, 7) is 8.01. The quantitative estimate of drug-likeness (QED) is 0.509. The Morgan fingerprint density at radius 2 is 1.81 bits per heavy atom. The Morgan fingerprint density at radius 3 is 2.50 bits per heavy atom. The number of halogens is 1. The average Bonchev–Trinajstić information content (AvgIpc) is 3.06. The molecule has 0 spiro atoms. The van der Waals surface area contributed by atoms with E-state index in [4.69, 9.17) is 4.74 Å². The molecular weight excluding hydrogens is 466 g/mol. The number of hydrogen-bond donors (Lipinski definition) is 0. The SMILES string of the molecule is CC(C)Oc1ccc(Br)c(CC2CCN(CC3CN(c4ccccc4)C(=O)N3C)CC2)c1. The first-order chi connectivity index (χ1) is 15.4. The Labute approximate surface area is 200 Å². The van der Waals surface area contributed by atoms with Crippen LogP contribution in [-0.4, -0.2) is 61.2 Å². The Morgan fingerprint density at radius 1 is 1.09 bits per heavy atom. The molecule has 32 heavy (non-hydrogen) atoms. The molecule has 0 radical (unpaired) electrons. The molecule has 2 aliphatic rings. The normalized spacial score (nSPS) is 20.4. The first-order valence-electron chi connectivity index (χ1n) is 11.7. The van der Waals surface area contributed by atoms with Crippen molar-refractivity contribution in [3.8, 4) is 5.75 Å². The van der Waals surface area contributed by atoms with E-state index in [1.54, 1.807) is 0 Å². The van der Waals surface area contributed by atoms with Crippen LogP contribution in [0.2, 0.25) is 0 Å². The molecule has 2 fully saturated rings. The number of nitrogens with zero attached hydrogens (tertiary/aromatic N) is 3. The van der Waals surface area contributed by atoms with Gasteiger partial charge in [0.25, 0.3) is 0 Å². The second-order valence-electron chi connectivity index (χ2n) is 9.36. The molecule has 0 saturated carbocycles. The van der Waals surface area contributed by atoms with E-state index in [0.29, 0.717) is 5.92 Å². The second kappa shape index (κ2) is 10.3. The zero-order chi connectivity index (χ0) is 22.7. The molecule has 0 N–H and O–H groups in total. The van der Waals surface area contributed by atoms with Crippen molar-refractivity contribution in [1.82, 2.24) is 9.80 Å². The summed E-state index contributed by atoms with van der Waals surface area (Å²) in [4.78, 5) is 19.1. The Balaban J connectivity index is 1.30. The van der Waals surface area contributed by atoms with Crippen molar-refractivity contribution in [3.63, 3.8) is 0 Å². The number of hydrogen-bond acceptors (Lipinski definition) is 3. The predicted octanol–water partition coefficient (Wildman–Crippen LogP) is 5.43. The van der Waals surface area contributed by atoms with Crippen LogP contribution in [0.1, 0.15) is 32.3 Å². The fourth-order valence-electron chi connectivity index (χ4n) is 4.80. The van der Waals surface area contributed by atoms with E-state index < -0.39 is 0 Å². The van der Waals surface area contributed by atoms with Crippen LogP contribution in [-0.2, 0) is 6.42 Å². The minimum Gasteiger partial charge on any atom is -0.491 e. The highest BCUT2D eigenvalue weighted by atomic mass is 79.9. The number of carbonyl (C=O) groups excluding carboxylic acids is 1. The molecule has 2 aliphatic heterocycles. The topological polar surface area (TPSA) is 36.0 Å². The van der Waals surface area contributed by atoms with Gasteiger partial charge in [0.1, 0.15) is 5.75 Å². The van der Waals surface area contributed by atoms with Crippen LogP contribution in [0.4, 0.5) is 10.5 Å². The number of benzene rings is 2. The number of amides is 2. The average molecular weight is 500 g/mol. The highest BCUT2D eigenvalue weighted by Gasteiger charge is 2.36. The van der Waals surface area contributed by atoms with E-state index in [0.717, 1.165) is 44.0 Å². The number of anilines is 1. The van der Waals surface area contributed by atoms with Crippen LogP contribution in [0.25, 0.3) is 0 Å². The van der Waals surface area contributed by atoms with Crippen LogP contribution in [0.5, 0.6) is 5.75 Å². The number of rotatable bonds is 7. The maximum Gasteiger partial charge on any atom is 0.324 e. The molecule has 0 aliphatic carbocycles. The van der Waals surface area contributed by atoms with Crippen molar-refractivity contribution >= 4 is 27.6 Å². The maximum absolute atomic E-state index is 12.8. The fraction of sp³-hybridized carbons (Fsp3) is 0.500. The van der Waals surface area contributed by atoms with Crippen molar-refractivity contribution in [2.45, 2.75) is 45.3 Å². The monoisotopic (exact) mass is 499 g/mol. The third-order valence-electron chi connectivity index (χ3n) is 6.62. The lowest BCUT2D eigenvalue weighted by Crippen LogP contribution is -2.44. The number of piperidine rings is 1. The minimum absolute atomic E-state index is 0.101. The van der Waals surface area contributed by atoms with Crippen molar-refractivity contribution in [2.75, 3.05) is 38.1 Å². The standard InChI is InChI=1S/C26H34BrN3O2/c1-19(2)32-24-9-10-25(27)21(16-24)15-20-11-13-29(14-12-20)17-23-18-30(26(31)28(23)3)22-7-5-4-6-8-22/h4-10,16,19-20,23H,11-15,17-18H2,1-3H3. The molecule has 0 aromatic heterocycles. The van der Waals surface area contributed by atoms with Crippen LogP contribution < -0.4 is 9.64 Å². The predicted molar refractivity (Wildman–Crippen MR) is 134 cm³/mol. The van der Waals surface area contributed by atoms with Gasteiger partial charge in [-0.1, -0.05) is 34.1 Å². The van der Waals surface area contributed by atoms with E-state index in [2.05, 4.69) is 46.8 Å². The molecule has 0 bridgehead atoms. The molecule has 2 heterocycles. The summed E-state index contributed by atoms with van der Waals surface area (Å²) in [5.74, 6) is 1.63. The van der Waals surface area contributed by atoms with Gasteiger partial charge in [-0.05, 0) is 88.0 Å². The molecule has 2 amide bonds. The lowest BCUT2D eigenvalue weighted by atomic mass is 9.90. The third-order valence-corrected chi connectivity index (χ3v) is 7.39. The van der Waals surface area contributed by atoms with Crippen LogP contribution in [0.3, 0.4) is 0 Å². The summed E-state index contributed by atoms with van der Waals surface area (Å²) in [6.07, 6.45) is 3.64. The number of ether oxygens (including phenoxy) is 1. The van der Waals surface area contributed by atoms with E-state index in [-0.39, 0.29) is 18.2 Å². The van der Waals surface area contributed by atoms with Crippen LogP contribution in [0, 0.1) is 5.92 Å². The molecule has 2 saturated heterocycles. The highest BCUT2D eigenvalue weighted by Crippen LogP contribution is 2.30. The minimum atomic E-state index is 0.101. The summed E-state index contributed by atoms with van der Waals surface area (Å²) in [5, 5.41) is 0. The molecule has 2 aromatic carbocycles. The first-order valence-corrected chi connectivity index (χ1v) is 12.5. The van der Waals surface area contributed by atoms with Gasteiger partial charge < -0.3 is 14.5 Å². The number of likely N-dealkylation sites (N-methyl/N-ethyl adjacent to an activating group) is 1. The van der Waals surface area contributed by atoms with Gasteiger partial charge in [-0.2, -0.15) is 0 Å². The number of urea groups is 1. The summed E-state index contributed by atoms with van der Waals surface area (Å²) in [7, 11) is 1.94. The Bertz CT molecular complexity index is 913. The molecule has 2 aromatic rings. The molecule has 1 atom stereocenters. The number of para-hydroxylation sites is 1. The summed E-state index contributed by atoms with van der Waals surface area (Å²) < 4.78 is 7.05. The van der Waals surface area contributed by atoms with E-state index in [1.807, 2.05) is 53.2 Å². The van der Waals surface area contributed by atoms with Gasteiger partial charge in [0.2, 0.25) is 0 Å². The van der Waals surface area contributed by atoms with E-state index in [9.17, 15) is 4.79 Å². The van der Waals surface area contributed by atoms with Crippen molar-refractivity contribution < 1.29 is 9.53 Å². The summed E-state index contributed by atoms with van der Waals surface area (Å²) in [5.41, 5.74) is 2.32. The first kappa shape index (κ1) is 23.1. The van der Waals surface area contributed by atoms with Gasteiger partial charge in [0.15, 0.2) is 0 Å². The smallest absolute Gasteiger partial charge is 0.324 e. The Kier molecular flexibility index (Phi) is 7.41. The van der Waals surface area contributed by atoms with E-state index in [1.165, 1.54) is 22.9 Å². The molecule has 172 valence electrons. The lowest BCUT2D eigenvalue weighted by molar-refractivity contribution is 0.149. The van der Waals surface area contributed by atoms with Gasteiger partial charge in [-0.3, -0.25) is 4.90 Å². The van der Waals surface area contributed by atoms with Crippen LogP contribution >= 0.6 is 15.9 Å². The summed E-state index contributed by atoms with van der Waals surface area (Å²) in [6, 6.07) is 16.7. The summed E-state index contributed by atoms with van der Waals surface area (Å²) >= 11 is 3.72. The fourth-order valence-corrected chi connectivity index (χ4v) is 5.21. The van der Waals surface area contributed by atoms with Crippen molar-refractivity contribution in [1.29, 1.82) is 0 Å². The molecule has 6 heteroatoms. The Hall–Kier alpha value is -2.05. The molecule has 5 nitrogen and oxygen atoms in total. The van der Waals surface area contributed by atoms with Crippen molar-refractivity contribution in [2.24, 2.45) is 5.92 Å². The molecular formula is C26H34BrN3O2. The molecule has 4 rings (SSSR count).